The molecular formula is C19H18BrCl2N3OS2. The van der Waals surface area contributed by atoms with E-state index in [1.165, 1.54) is 5.56 Å². The fourth-order valence-electron chi connectivity index (χ4n) is 2.59. The van der Waals surface area contributed by atoms with Gasteiger partial charge in [0.25, 0.3) is 0 Å². The lowest BCUT2D eigenvalue weighted by atomic mass is 10.2. The SMILES string of the molecule is CCn1c(C[S@@](=O)Cc2ccc(Cl)cc2Cl)nnc1SCc1ccc(Br)cc1. The Balaban J connectivity index is 1.65. The van der Waals surface area contributed by atoms with Gasteiger partial charge in [0.2, 0.25) is 0 Å². The van der Waals surface area contributed by atoms with E-state index in [1.807, 2.05) is 29.7 Å². The van der Waals surface area contributed by atoms with Crippen LogP contribution in [-0.4, -0.2) is 19.0 Å². The van der Waals surface area contributed by atoms with Gasteiger partial charge in [-0.2, -0.15) is 0 Å². The van der Waals surface area contributed by atoms with Crippen LogP contribution in [0.4, 0.5) is 0 Å². The smallest absolute Gasteiger partial charge is 0.191 e. The van der Waals surface area contributed by atoms with Crippen LogP contribution in [0, 0.1) is 0 Å². The lowest BCUT2D eigenvalue weighted by molar-refractivity contribution is 0.650. The van der Waals surface area contributed by atoms with Crippen LogP contribution in [-0.2, 0) is 34.6 Å². The van der Waals surface area contributed by atoms with Crippen LogP contribution >= 0.6 is 50.9 Å². The molecule has 4 nitrogen and oxygen atoms in total. The van der Waals surface area contributed by atoms with Gasteiger partial charge in [-0.1, -0.05) is 69.1 Å². The molecule has 0 unspecified atom stereocenters. The first-order valence-electron chi connectivity index (χ1n) is 8.54. The van der Waals surface area contributed by atoms with Gasteiger partial charge in [0.1, 0.15) is 5.82 Å². The van der Waals surface area contributed by atoms with Crippen molar-refractivity contribution in [1.29, 1.82) is 0 Å². The fourth-order valence-corrected chi connectivity index (χ4v) is 5.58. The van der Waals surface area contributed by atoms with E-state index in [0.717, 1.165) is 33.3 Å². The number of rotatable bonds is 8. The Hall–Kier alpha value is -0.860. The van der Waals surface area contributed by atoms with Crippen molar-refractivity contribution in [1.82, 2.24) is 14.8 Å². The molecule has 28 heavy (non-hydrogen) atoms. The van der Waals surface area contributed by atoms with Crippen molar-refractivity contribution in [3.05, 3.63) is 73.9 Å². The average molecular weight is 519 g/mol. The Morgan fingerprint density at radius 2 is 1.86 bits per heavy atom. The molecule has 0 aliphatic heterocycles. The molecule has 1 atom stereocenters. The minimum absolute atomic E-state index is 0.332. The van der Waals surface area contributed by atoms with Gasteiger partial charge in [0, 0.05) is 37.6 Å². The molecule has 3 rings (SSSR count). The van der Waals surface area contributed by atoms with Gasteiger partial charge in [-0.25, -0.2) is 0 Å². The van der Waals surface area contributed by atoms with Gasteiger partial charge in [-0.15, -0.1) is 10.2 Å². The van der Waals surface area contributed by atoms with Gasteiger partial charge >= 0.3 is 0 Å². The van der Waals surface area contributed by atoms with Gasteiger partial charge < -0.3 is 4.57 Å². The Morgan fingerprint density at radius 1 is 1.11 bits per heavy atom. The van der Waals surface area contributed by atoms with E-state index in [1.54, 1.807) is 23.9 Å². The van der Waals surface area contributed by atoms with Crippen LogP contribution < -0.4 is 0 Å². The number of hydrogen-bond acceptors (Lipinski definition) is 4. The van der Waals surface area contributed by atoms with Gasteiger partial charge in [-0.05, 0) is 42.3 Å². The van der Waals surface area contributed by atoms with Crippen LogP contribution in [0.2, 0.25) is 10.0 Å². The molecule has 0 radical (unpaired) electrons. The van der Waals surface area contributed by atoms with Gasteiger partial charge in [0.15, 0.2) is 5.16 Å². The largest absolute Gasteiger partial charge is 0.306 e. The average Bonchev–Trinajstić information content (AvgIpc) is 3.05. The first-order chi connectivity index (χ1) is 13.5. The predicted octanol–water partition coefficient (Wildman–Crippen LogP) is 6.11. The lowest BCUT2D eigenvalue weighted by Crippen LogP contribution is -2.08. The summed E-state index contributed by atoms with van der Waals surface area (Å²) in [7, 11) is -1.15. The molecule has 1 aromatic heterocycles. The monoisotopic (exact) mass is 517 g/mol. The van der Waals surface area contributed by atoms with Crippen molar-refractivity contribution in [2.45, 2.75) is 35.9 Å². The minimum atomic E-state index is -1.15. The summed E-state index contributed by atoms with van der Waals surface area (Å²) >= 11 is 17.2. The van der Waals surface area contributed by atoms with Crippen LogP contribution in [0.5, 0.6) is 0 Å². The molecule has 0 saturated carbocycles. The second-order valence-corrected chi connectivity index (χ2v) is 10.2. The molecule has 0 aliphatic rings. The topological polar surface area (TPSA) is 47.8 Å². The van der Waals surface area contributed by atoms with E-state index in [-0.39, 0.29) is 0 Å². The summed E-state index contributed by atoms with van der Waals surface area (Å²) < 4.78 is 15.7. The zero-order valence-corrected chi connectivity index (χ0v) is 19.8. The molecule has 148 valence electrons. The van der Waals surface area contributed by atoms with Crippen molar-refractivity contribution >= 4 is 61.7 Å². The number of halogens is 3. The lowest BCUT2D eigenvalue weighted by Gasteiger charge is -2.08. The van der Waals surface area contributed by atoms with Crippen molar-refractivity contribution in [2.75, 3.05) is 0 Å². The Bertz CT molecular complexity index is 980. The molecule has 0 N–H and O–H groups in total. The second kappa shape index (κ2) is 10.3. The Kier molecular flexibility index (Phi) is 8.00. The zero-order chi connectivity index (χ0) is 20.1. The van der Waals surface area contributed by atoms with E-state index in [0.29, 0.717) is 21.6 Å². The fraction of sp³-hybridized carbons (Fsp3) is 0.263. The third kappa shape index (κ3) is 5.83. The van der Waals surface area contributed by atoms with E-state index < -0.39 is 10.8 Å². The maximum atomic E-state index is 12.6. The number of thioether (sulfide) groups is 1. The molecule has 0 aliphatic carbocycles. The molecule has 1 heterocycles. The first-order valence-corrected chi connectivity index (χ1v) is 12.6. The molecule has 0 amide bonds. The Morgan fingerprint density at radius 3 is 2.54 bits per heavy atom. The van der Waals surface area contributed by atoms with E-state index in [2.05, 4.69) is 38.3 Å². The van der Waals surface area contributed by atoms with Crippen LogP contribution in [0.25, 0.3) is 0 Å². The van der Waals surface area contributed by atoms with Crippen molar-refractivity contribution < 1.29 is 4.21 Å². The van der Waals surface area contributed by atoms with Gasteiger partial charge in [0.05, 0.1) is 11.5 Å². The molecule has 0 saturated heterocycles. The summed E-state index contributed by atoms with van der Waals surface area (Å²) in [6.07, 6.45) is 0. The summed E-state index contributed by atoms with van der Waals surface area (Å²) in [6.45, 7) is 2.76. The molecule has 0 spiro atoms. The normalized spacial score (nSPS) is 12.3. The first kappa shape index (κ1) is 21.8. The highest BCUT2D eigenvalue weighted by molar-refractivity contribution is 9.10. The van der Waals surface area contributed by atoms with E-state index in [4.69, 9.17) is 23.2 Å². The second-order valence-electron chi connectivity index (χ2n) is 6.02. The summed E-state index contributed by atoms with van der Waals surface area (Å²) in [5, 5.41) is 10.5. The van der Waals surface area contributed by atoms with Crippen molar-refractivity contribution in [3.63, 3.8) is 0 Å². The molecule has 2 aromatic carbocycles. The quantitative estimate of drug-likeness (QED) is 0.337. The third-order valence-corrected chi connectivity index (χ3v) is 7.38. The minimum Gasteiger partial charge on any atom is -0.306 e. The van der Waals surface area contributed by atoms with Crippen molar-refractivity contribution in [3.8, 4) is 0 Å². The third-order valence-electron chi connectivity index (χ3n) is 4.01. The summed E-state index contributed by atoms with van der Waals surface area (Å²) in [5.41, 5.74) is 2.03. The highest BCUT2D eigenvalue weighted by Gasteiger charge is 2.15. The number of hydrogen-bond donors (Lipinski definition) is 0. The molecule has 0 fully saturated rings. The zero-order valence-electron chi connectivity index (χ0n) is 15.1. The molecule has 9 heteroatoms. The maximum absolute atomic E-state index is 12.6. The van der Waals surface area contributed by atoms with Crippen LogP contribution in [0.3, 0.4) is 0 Å². The van der Waals surface area contributed by atoms with Crippen LogP contribution in [0.1, 0.15) is 23.9 Å². The maximum Gasteiger partial charge on any atom is 0.191 e. The summed E-state index contributed by atoms with van der Waals surface area (Å²) in [4.78, 5) is 0. The summed E-state index contributed by atoms with van der Waals surface area (Å²) in [6, 6.07) is 13.4. The van der Waals surface area contributed by atoms with Crippen LogP contribution in [0.15, 0.2) is 52.1 Å². The highest BCUT2D eigenvalue weighted by Crippen LogP contribution is 2.25. The molecule has 3 aromatic rings. The summed E-state index contributed by atoms with van der Waals surface area (Å²) in [5.74, 6) is 2.21. The highest BCUT2D eigenvalue weighted by atomic mass is 79.9. The van der Waals surface area contributed by atoms with Crippen molar-refractivity contribution in [2.24, 2.45) is 0 Å². The number of benzene rings is 2. The predicted molar refractivity (Wildman–Crippen MR) is 121 cm³/mol. The van der Waals surface area contributed by atoms with E-state index >= 15 is 0 Å². The number of nitrogens with zero attached hydrogens (tertiary/aromatic N) is 3. The van der Waals surface area contributed by atoms with Gasteiger partial charge in [-0.3, -0.25) is 4.21 Å². The Labute approximate surface area is 189 Å². The molecule has 0 bridgehead atoms. The molecular weight excluding hydrogens is 501 g/mol. The van der Waals surface area contributed by atoms with E-state index in [9.17, 15) is 4.21 Å². The standard InChI is InChI=1S/C19H18BrCl2N3OS2/c1-2-25-18(12-28(26)11-14-5-8-16(21)9-17(14)22)23-24-19(25)27-10-13-3-6-15(20)7-4-13/h3-9H,2,10-12H2,1H3/t28-/m0/s1. The number of aromatic nitrogens is 3.